The molecule has 1 saturated carbocycles. The van der Waals surface area contributed by atoms with Crippen molar-refractivity contribution in [2.24, 2.45) is 11.7 Å². The molecule has 2 atom stereocenters. The second-order valence-corrected chi connectivity index (χ2v) is 5.24. The molecule has 2 rings (SSSR count). The molecule has 1 aliphatic carbocycles. The van der Waals surface area contributed by atoms with Gasteiger partial charge < -0.3 is 11.1 Å². The average molecular weight is 304 g/mol. The van der Waals surface area contributed by atoms with Crippen molar-refractivity contribution < 1.29 is 22.4 Å². The summed E-state index contributed by atoms with van der Waals surface area (Å²) < 4.78 is 52.7. The number of hydrogen-bond acceptors (Lipinski definition) is 2. The SMILES string of the molecule is NC(=O)c1ccc(F)c(NC2CCCCC2C(F)(F)F)c1. The number of carbonyl (C=O) groups is 1. The molecule has 3 N–H and O–H groups in total. The van der Waals surface area contributed by atoms with E-state index in [1.54, 1.807) is 0 Å². The van der Waals surface area contributed by atoms with Gasteiger partial charge in [0.1, 0.15) is 5.82 Å². The molecule has 0 aromatic heterocycles. The first kappa shape index (κ1) is 15.6. The van der Waals surface area contributed by atoms with Gasteiger partial charge in [0, 0.05) is 11.6 Å². The van der Waals surface area contributed by atoms with Crippen LogP contribution in [-0.2, 0) is 0 Å². The van der Waals surface area contributed by atoms with Gasteiger partial charge in [0.2, 0.25) is 5.91 Å². The van der Waals surface area contributed by atoms with E-state index in [2.05, 4.69) is 5.32 Å². The molecular formula is C14H16F4N2O. The minimum absolute atomic E-state index is 0.0261. The minimum atomic E-state index is -4.32. The quantitative estimate of drug-likeness (QED) is 0.840. The fourth-order valence-corrected chi connectivity index (χ4v) is 2.68. The topological polar surface area (TPSA) is 55.1 Å². The smallest absolute Gasteiger partial charge is 0.379 e. The zero-order valence-corrected chi connectivity index (χ0v) is 11.2. The molecule has 3 nitrogen and oxygen atoms in total. The lowest BCUT2D eigenvalue weighted by Gasteiger charge is -2.34. The van der Waals surface area contributed by atoms with Gasteiger partial charge in [-0.15, -0.1) is 0 Å². The van der Waals surface area contributed by atoms with Crippen molar-refractivity contribution in [1.82, 2.24) is 0 Å². The number of nitrogens with one attached hydrogen (secondary N) is 1. The van der Waals surface area contributed by atoms with E-state index in [0.717, 1.165) is 12.1 Å². The van der Waals surface area contributed by atoms with Crippen LogP contribution in [0, 0.1) is 11.7 Å². The van der Waals surface area contributed by atoms with Gasteiger partial charge in [-0.2, -0.15) is 13.2 Å². The number of halogens is 4. The van der Waals surface area contributed by atoms with E-state index in [1.807, 2.05) is 0 Å². The molecule has 116 valence electrons. The van der Waals surface area contributed by atoms with Gasteiger partial charge in [0.05, 0.1) is 11.6 Å². The summed E-state index contributed by atoms with van der Waals surface area (Å²) in [6.45, 7) is 0. The zero-order valence-electron chi connectivity index (χ0n) is 11.2. The third kappa shape index (κ3) is 3.65. The number of anilines is 1. The molecule has 2 unspecified atom stereocenters. The van der Waals surface area contributed by atoms with Gasteiger partial charge in [-0.3, -0.25) is 4.79 Å². The first-order valence-corrected chi connectivity index (χ1v) is 6.71. The Labute approximate surface area is 119 Å². The molecule has 1 aliphatic rings. The van der Waals surface area contributed by atoms with Crippen LogP contribution in [-0.4, -0.2) is 18.1 Å². The lowest BCUT2D eigenvalue weighted by Crippen LogP contribution is -2.41. The highest BCUT2D eigenvalue weighted by Gasteiger charge is 2.45. The van der Waals surface area contributed by atoms with Crippen LogP contribution < -0.4 is 11.1 Å². The summed E-state index contributed by atoms with van der Waals surface area (Å²) >= 11 is 0. The van der Waals surface area contributed by atoms with Gasteiger partial charge in [-0.25, -0.2) is 4.39 Å². The summed E-state index contributed by atoms with van der Waals surface area (Å²) in [5, 5.41) is 2.60. The van der Waals surface area contributed by atoms with Crippen LogP contribution in [0.25, 0.3) is 0 Å². The predicted molar refractivity (Wildman–Crippen MR) is 70.3 cm³/mol. The Morgan fingerprint density at radius 2 is 1.90 bits per heavy atom. The highest BCUT2D eigenvalue weighted by molar-refractivity contribution is 5.93. The molecule has 1 amide bonds. The van der Waals surface area contributed by atoms with E-state index in [1.165, 1.54) is 6.07 Å². The molecular weight excluding hydrogens is 288 g/mol. The Morgan fingerprint density at radius 1 is 1.24 bits per heavy atom. The number of hydrogen-bond donors (Lipinski definition) is 2. The van der Waals surface area contributed by atoms with E-state index in [-0.39, 0.29) is 17.7 Å². The van der Waals surface area contributed by atoms with Gasteiger partial charge in [-0.1, -0.05) is 12.8 Å². The summed E-state index contributed by atoms with van der Waals surface area (Å²) in [6.07, 6.45) is -2.83. The summed E-state index contributed by atoms with van der Waals surface area (Å²) in [6, 6.07) is 2.48. The van der Waals surface area contributed by atoms with Crippen LogP contribution in [0.5, 0.6) is 0 Å². The fraction of sp³-hybridized carbons (Fsp3) is 0.500. The van der Waals surface area contributed by atoms with Gasteiger partial charge in [0.25, 0.3) is 0 Å². The van der Waals surface area contributed by atoms with Crippen molar-refractivity contribution in [2.75, 3.05) is 5.32 Å². The van der Waals surface area contributed by atoms with E-state index in [9.17, 15) is 22.4 Å². The molecule has 0 aliphatic heterocycles. The monoisotopic (exact) mass is 304 g/mol. The summed E-state index contributed by atoms with van der Waals surface area (Å²) in [7, 11) is 0. The Hall–Kier alpha value is -1.79. The molecule has 0 heterocycles. The third-order valence-corrected chi connectivity index (χ3v) is 3.78. The van der Waals surface area contributed by atoms with Gasteiger partial charge >= 0.3 is 6.18 Å². The molecule has 0 bridgehead atoms. The maximum atomic E-state index is 13.7. The van der Waals surface area contributed by atoms with E-state index < -0.39 is 29.9 Å². The molecule has 0 radical (unpaired) electrons. The number of alkyl halides is 3. The minimum Gasteiger partial charge on any atom is -0.379 e. The number of carbonyl (C=O) groups excluding carboxylic acids is 1. The number of amides is 1. The van der Waals surface area contributed by atoms with Gasteiger partial charge in [0.15, 0.2) is 0 Å². The van der Waals surface area contributed by atoms with Crippen LogP contribution in [0.1, 0.15) is 36.0 Å². The standard InChI is InChI=1S/C14H16F4N2O/c15-10-6-5-8(13(19)21)7-12(10)20-11-4-2-1-3-9(11)14(16,17)18/h5-7,9,11,20H,1-4H2,(H2,19,21). The van der Waals surface area contributed by atoms with Crippen molar-refractivity contribution in [2.45, 2.75) is 37.9 Å². The van der Waals surface area contributed by atoms with Crippen molar-refractivity contribution in [3.05, 3.63) is 29.6 Å². The molecule has 0 spiro atoms. The second-order valence-electron chi connectivity index (χ2n) is 5.24. The first-order valence-electron chi connectivity index (χ1n) is 6.71. The van der Waals surface area contributed by atoms with Crippen molar-refractivity contribution in [1.29, 1.82) is 0 Å². The normalized spacial score (nSPS) is 22.9. The maximum Gasteiger partial charge on any atom is 0.393 e. The van der Waals surface area contributed by atoms with E-state index in [4.69, 9.17) is 5.73 Å². The largest absolute Gasteiger partial charge is 0.393 e. The third-order valence-electron chi connectivity index (χ3n) is 3.78. The highest BCUT2D eigenvalue weighted by Crippen LogP contribution is 2.39. The summed E-state index contributed by atoms with van der Waals surface area (Å²) in [4.78, 5) is 11.1. The highest BCUT2D eigenvalue weighted by atomic mass is 19.4. The maximum absolute atomic E-state index is 13.7. The van der Waals surface area contributed by atoms with E-state index in [0.29, 0.717) is 19.3 Å². The Kier molecular flexibility index (Phi) is 4.39. The molecule has 1 aromatic carbocycles. The lowest BCUT2D eigenvalue weighted by atomic mass is 9.84. The number of rotatable bonds is 3. The number of primary amides is 1. The van der Waals surface area contributed by atoms with Crippen LogP contribution in [0.15, 0.2) is 18.2 Å². The van der Waals surface area contributed by atoms with Crippen molar-refractivity contribution >= 4 is 11.6 Å². The number of benzene rings is 1. The predicted octanol–water partition coefficient (Wildman–Crippen LogP) is 3.46. The molecule has 1 aromatic rings. The van der Waals surface area contributed by atoms with Crippen molar-refractivity contribution in [3.63, 3.8) is 0 Å². The average Bonchev–Trinajstić information content (AvgIpc) is 2.40. The molecule has 1 fully saturated rings. The Bertz CT molecular complexity index is 530. The molecule has 7 heteroatoms. The van der Waals surface area contributed by atoms with Crippen LogP contribution in [0.4, 0.5) is 23.2 Å². The Morgan fingerprint density at radius 3 is 2.52 bits per heavy atom. The second kappa shape index (κ2) is 5.91. The van der Waals surface area contributed by atoms with Crippen LogP contribution >= 0.6 is 0 Å². The molecule has 21 heavy (non-hydrogen) atoms. The lowest BCUT2D eigenvalue weighted by molar-refractivity contribution is -0.184. The summed E-state index contributed by atoms with van der Waals surface area (Å²) in [5.74, 6) is -2.97. The number of nitrogens with two attached hydrogens (primary N) is 1. The van der Waals surface area contributed by atoms with Crippen LogP contribution in [0.2, 0.25) is 0 Å². The first-order chi connectivity index (χ1) is 9.79. The van der Waals surface area contributed by atoms with Crippen molar-refractivity contribution in [3.8, 4) is 0 Å². The zero-order chi connectivity index (χ0) is 15.6. The summed E-state index contributed by atoms with van der Waals surface area (Å²) in [5.41, 5.74) is 5.03. The molecule has 0 saturated heterocycles. The fourth-order valence-electron chi connectivity index (χ4n) is 2.68. The van der Waals surface area contributed by atoms with Crippen LogP contribution in [0.3, 0.4) is 0 Å². The Balaban J connectivity index is 2.23. The van der Waals surface area contributed by atoms with E-state index >= 15 is 0 Å². The van der Waals surface area contributed by atoms with Gasteiger partial charge in [-0.05, 0) is 31.0 Å².